The second-order valence-corrected chi connectivity index (χ2v) is 8.58. The summed E-state index contributed by atoms with van der Waals surface area (Å²) in [6, 6.07) is 8.95. The maximum atomic E-state index is 14.5. The molecule has 1 N–H and O–H groups in total. The van der Waals surface area contributed by atoms with E-state index in [-0.39, 0.29) is 16.6 Å². The third-order valence-corrected chi connectivity index (χ3v) is 6.17. The molecule has 9 heteroatoms. The summed E-state index contributed by atoms with van der Waals surface area (Å²) in [5, 5.41) is 3.58. The van der Waals surface area contributed by atoms with E-state index in [2.05, 4.69) is 27.2 Å². The number of halogens is 2. The van der Waals surface area contributed by atoms with E-state index in [1.807, 2.05) is 12.1 Å². The monoisotopic (exact) mass is 467 g/mol. The summed E-state index contributed by atoms with van der Waals surface area (Å²) in [5.74, 6) is 0.167. The molecule has 33 heavy (non-hydrogen) atoms. The molecule has 2 aromatic carbocycles. The summed E-state index contributed by atoms with van der Waals surface area (Å²) in [6.07, 6.45) is 7.35. The van der Waals surface area contributed by atoms with Crippen molar-refractivity contribution in [3.8, 4) is 5.75 Å². The fourth-order valence-electron chi connectivity index (χ4n) is 3.95. The number of nitrogens with zero attached hydrogens (tertiary/aromatic N) is 4. The Kier molecular flexibility index (Phi) is 5.86. The van der Waals surface area contributed by atoms with E-state index < -0.39 is 5.82 Å². The van der Waals surface area contributed by atoms with Crippen LogP contribution in [0.4, 0.5) is 21.6 Å². The Hall–Kier alpha value is -3.23. The lowest BCUT2D eigenvalue weighted by Crippen LogP contribution is -2.37. The fourth-order valence-corrected chi connectivity index (χ4v) is 4.13. The number of amides is 1. The summed E-state index contributed by atoms with van der Waals surface area (Å²) >= 11 is 5.92. The van der Waals surface area contributed by atoms with Gasteiger partial charge in [-0.3, -0.25) is 9.69 Å². The van der Waals surface area contributed by atoms with Gasteiger partial charge < -0.3 is 15.0 Å². The van der Waals surface area contributed by atoms with Gasteiger partial charge in [-0.05, 0) is 44.2 Å². The minimum atomic E-state index is -0.574. The second-order valence-electron chi connectivity index (χ2n) is 8.17. The van der Waals surface area contributed by atoms with Crippen LogP contribution in [0.25, 0.3) is 10.9 Å². The highest BCUT2D eigenvalue weighted by Gasteiger charge is 2.27. The van der Waals surface area contributed by atoms with Gasteiger partial charge in [0.25, 0.3) is 5.91 Å². The van der Waals surface area contributed by atoms with Crippen LogP contribution < -0.4 is 15.0 Å². The predicted octanol–water partition coefficient (Wildman–Crippen LogP) is 4.54. The van der Waals surface area contributed by atoms with Gasteiger partial charge in [-0.1, -0.05) is 23.7 Å². The Labute approximate surface area is 195 Å². The minimum Gasteiger partial charge on any atom is -0.489 e. The molecular formula is C24H23ClFN5O2. The van der Waals surface area contributed by atoms with Gasteiger partial charge in [-0.25, -0.2) is 14.4 Å². The van der Waals surface area contributed by atoms with Crippen molar-refractivity contribution in [2.75, 3.05) is 37.0 Å². The molecule has 2 heterocycles. The Bertz CT molecular complexity index is 1250. The number of likely N-dealkylation sites (N-methyl/N-ethyl adjacent to an activating group) is 1. The number of carbonyl (C=O) groups is 1. The molecule has 1 aliphatic carbocycles. The van der Waals surface area contributed by atoms with E-state index in [0.29, 0.717) is 47.4 Å². The van der Waals surface area contributed by atoms with Gasteiger partial charge in [0.05, 0.1) is 33.8 Å². The number of hydrogen-bond donors (Lipinski definition) is 1. The molecule has 170 valence electrons. The van der Waals surface area contributed by atoms with Crippen molar-refractivity contribution in [1.29, 1.82) is 0 Å². The van der Waals surface area contributed by atoms with Gasteiger partial charge in [-0.2, -0.15) is 0 Å². The highest BCUT2D eigenvalue weighted by Crippen LogP contribution is 2.41. The van der Waals surface area contributed by atoms with Crippen LogP contribution in [0.5, 0.6) is 5.75 Å². The average Bonchev–Trinajstić information content (AvgIpc) is 3.67. The van der Waals surface area contributed by atoms with Crippen LogP contribution in [0.3, 0.4) is 0 Å². The van der Waals surface area contributed by atoms with E-state index >= 15 is 0 Å². The first-order valence-electron chi connectivity index (χ1n) is 10.8. The van der Waals surface area contributed by atoms with Gasteiger partial charge in [0.15, 0.2) is 11.6 Å². The molecule has 0 atom stereocenters. The molecule has 0 saturated heterocycles. The lowest BCUT2D eigenvalue weighted by atomic mass is 10.1. The van der Waals surface area contributed by atoms with E-state index in [4.69, 9.17) is 16.3 Å². The Morgan fingerprint density at radius 1 is 1.33 bits per heavy atom. The number of carbonyl (C=O) groups excluding carboxylic acids is 1. The van der Waals surface area contributed by atoms with Crippen LogP contribution in [0.15, 0.2) is 48.8 Å². The minimum absolute atomic E-state index is 0.00697. The lowest BCUT2D eigenvalue weighted by molar-refractivity contribution is -0.114. The zero-order valence-electron chi connectivity index (χ0n) is 18.1. The maximum Gasteiger partial charge on any atom is 0.250 e. The van der Waals surface area contributed by atoms with Crippen LogP contribution in [-0.4, -0.2) is 53.6 Å². The maximum absolute atomic E-state index is 14.5. The van der Waals surface area contributed by atoms with Crippen LogP contribution in [-0.2, 0) is 4.79 Å². The first-order chi connectivity index (χ1) is 16.0. The molecule has 0 bridgehead atoms. The molecule has 1 fully saturated rings. The summed E-state index contributed by atoms with van der Waals surface area (Å²) in [6.45, 7) is 1.49. The number of fused-ring (bicyclic) bond motifs is 3. The smallest absolute Gasteiger partial charge is 0.250 e. The lowest BCUT2D eigenvalue weighted by Gasteiger charge is -2.30. The van der Waals surface area contributed by atoms with Crippen molar-refractivity contribution >= 4 is 45.6 Å². The number of rotatable bonds is 6. The molecule has 1 amide bonds. The first kappa shape index (κ1) is 21.6. The predicted molar refractivity (Wildman–Crippen MR) is 127 cm³/mol. The van der Waals surface area contributed by atoms with Crippen molar-refractivity contribution in [1.82, 2.24) is 14.9 Å². The van der Waals surface area contributed by atoms with Gasteiger partial charge >= 0.3 is 0 Å². The molecule has 0 radical (unpaired) electrons. The van der Waals surface area contributed by atoms with Crippen molar-refractivity contribution < 1.29 is 13.9 Å². The molecule has 1 aromatic heterocycles. The number of ether oxygens (including phenoxy) is 1. The van der Waals surface area contributed by atoms with E-state index in [1.54, 1.807) is 29.2 Å². The molecule has 7 nitrogen and oxygen atoms in total. The molecule has 3 aromatic rings. The SMILES string of the molecule is CN(C/C=C/C(=O)N1CCOc2c1ccc1ncnc(Nc3cccc(Cl)c3F)c21)C1CC1. The molecule has 5 rings (SSSR count). The fraction of sp³-hybridized carbons (Fsp3) is 0.292. The van der Waals surface area contributed by atoms with Crippen LogP contribution in [0, 0.1) is 5.82 Å². The molecular weight excluding hydrogens is 445 g/mol. The quantitative estimate of drug-likeness (QED) is 0.537. The number of anilines is 3. The second kappa shape index (κ2) is 8.96. The number of benzene rings is 2. The van der Waals surface area contributed by atoms with Gasteiger partial charge in [0, 0.05) is 18.7 Å². The van der Waals surface area contributed by atoms with E-state index in [9.17, 15) is 9.18 Å². The number of aromatic nitrogens is 2. The van der Waals surface area contributed by atoms with Gasteiger partial charge in [0.2, 0.25) is 0 Å². The summed E-state index contributed by atoms with van der Waals surface area (Å²) in [5.41, 5.74) is 1.43. The molecule has 0 spiro atoms. The summed E-state index contributed by atoms with van der Waals surface area (Å²) in [7, 11) is 2.07. The zero-order valence-corrected chi connectivity index (χ0v) is 18.8. The topological polar surface area (TPSA) is 70.6 Å². The number of nitrogens with one attached hydrogen (secondary N) is 1. The Balaban J connectivity index is 1.47. The van der Waals surface area contributed by atoms with Crippen molar-refractivity contribution in [2.45, 2.75) is 18.9 Å². The molecule has 1 saturated carbocycles. The molecule has 1 aliphatic heterocycles. The first-order valence-corrected chi connectivity index (χ1v) is 11.2. The number of hydrogen-bond acceptors (Lipinski definition) is 6. The molecule has 0 unspecified atom stereocenters. The summed E-state index contributed by atoms with van der Waals surface area (Å²) < 4.78 is 20.5. The van der Waals surface area contributed by atoms with Crippen LogP contribution in [0.1, 0.15) is 12.8 Å². The van der Waals surface area contributed by atoms with Crippen LogP contribution in [0.2, 0.25) is 5.02 Å². The summed E-state index contributed by atoms with van der Waals surface area (Å²) in [4.78, 5) is 25.5. The highest BCUT2D eigenvalue weighted by molar-refractivity contribution is 6.31. The average molecular weight is 468 g/mol. The Morgan fingerprint density at radius 2 is 2.18 bits per heavy atom. The highest BCUT2D eigenvalue weighted by atomic mass is 35.5. The van der Waals surface area contributed by atoms with Crippen LogP contribution >= 0.6 is 11.6 Å². The van der Waals surface area contributed by atoms with E-state index in [1.165, 1.54) is 25.2 Å². The third-order valence-electron chi connectivity index (χ3n) is 5.88. The van der Waals surface area contributed by atoms with Gasteiger partial charge in [-0.15, -0.1) is 0 Å². The van der Waals surface area contributed by atoms with Crippen molar-refractivity contribution in [2.24, 2.45) is 0 Å². The van der Waals surface area contributed by atoms with Crippen molar-refractivity contribution in [3.05, 3.63) is 59.7 Å². The van der Waals surface area contributed by atoms with Crippen molar-refractivity contribution in [3.63, 3.8) is 0 Å². The largest absolute Gasteiger partial charge is 0.489 e. The van der Waals surface area contributed by atoms with E-state index in [0.717, 1.165) is 6.54 Å². The standard InChI is InChI=1S/C24H23ClFN5O2/c1-30(15-7-8-15)11-3-6-20(32)31-12-13-33-23-19(31)10-9-17-21(23)24(28-14-27-17)29-18-5-2-4-16(25)22(18)26/h2-6,9-10,14-15H,7-8,11-13H2,1H3,(H,27,28,29)/b6-3+. The molecule has 2 aliphatic rings. The normalized spacial score (nSPS) is 15.7. The zero-order chi connectivity index (χ0) is 22.9. The van der Waals surface area contributed by atoms with Gasteiger partial charge in [0.1, 0.15) is 18.8 Å². The third kappa shape index (κ3) is 4.36. The Morgan fingerprint density at radius 3 is 3.00 bits per heavy atom.